The quantitative estimate of drug-likeness (QED) is 0.904. The highest BCUT2D eigenvalue weighted by atomic mass is 16.1. The minimum Gasteiger partial charge on any atom is -0.297 e. The Kier molecular flexibility index (Phi) is 3.43. The van der Waals surface area contributed by atoms with Crippen LogP contribution >= 0.6 is 0 Å². The van der Waals surface area contributed by atoms with E-state index < -0.39 is 0 Å². The molecule has 2 aromatic rings. The number of rotatable bonds is 4. The molecule has 1 heterocycles. The fraction of sp³-hybridized carbons (Fsp3) is 0.235. The summed E-state index contributed by atoms with van der Waals surface area (Å²) in [6.45, 7) is 0. The van der Waals surface area contributed by atoms with Crippen molar-refractivity contribution in [1.29, 1.82) is 0 Å². The summed E-state index contributed by atoms with van der Waals surface area (Å²) in [5, 5.41) is 3.38. The molecule has 0 amide bonds. The average Bonchev–Trinajstić information content (AvgIpc) is 2.48. The Balaban J connectivity index is 1.56. The molecule has 0 spiro atoms. The number of carbonyl (C=O) groups excluding carboxylic acids is 1. The zero-order valence-corrected chi connectivity index (χ0v) is 10.8. The average molecular weight is 251 g/mol. The third-order valence-corrected chi connectivity index (χ3v) is 3.65. The van der Waals surface area contributed by atoms with E-state index in [1.54, 1.807) is 0 Å². The lowest BCUT2D eigenvalue weighted by Gasteiger charge is -2.35. The van der Waals surface area contributed by atoms with Gasteiger partial charge in [-0.25, -0.2) is 0 Å². The summed E-state index contributed by atoms with van der Waals surface area (Å²) in [6, 6.07) is 20.3. The monoisotopic (exact) mass is 251 g/mol. The summed E-state index contributed by atoms with van der Waals surface area (Å²) >= 11 is 0. The Hall–Kier alpha value is -1.93. The lowest BCUT2D eigenvalue weighted by molar-refractivity contribution is -0.130. The molecule has 2 heteroatoms. The normalized spacial score (nSPS) is 22.0. The van der Waals surface area contributed by atoms with Crippen LogP contribution in [-0.2, 0) is 17.6 Å². The molecular formula is C17H17NO. The molecule has 1 aliphatic rings. The molecule has 1 fully saturated rings. The van der Waals surface area contributed by atoms with Crippen LogP contribution in [0.5, 0.6) is 0 Å². The van der Waals surface area contributed by atoms with Crippen LogP contribution in [-0.4, -0.2) is 17.9 Å². The SMILES string of the molecule is O=C1C(Cc2ccccc2)NC1Cc1ccccc1. The van der Waals surface area contributed by atoms with Crippen LogP contribution in [0.3, 0.4) is 0 Å². The molecule has 2 aromatic carbocycles. The van der Waals surface area contributed by atoms with Crippen molar-refractivity contribution < 1.29 is 4.79 Å². The third-order valence-electron chi connectivity index (χ3n) is 3.65. The second kappa shape index (κ2) is 5.37. The maximum Gasteiger partial charge on any atom is 0.167 e. The maximum absolute atomic E-state index is 12.1. The third kappa shape index (κ3) is 2.74. The molecule has 0 aromatic heterocycles. The molecule has 1 aliphatic heterocycles. The number of hydrogen-bond acceptors (Lipinski definition) is 2. The first-order chi connectivity index (χ1) is 9.33. The zero-order valence-electron chi connectivity index (χ0n) is 10.8. The fourth-order valence-corrected chi connectivity index (χ4v) is 2.57. The van der Waals surface area contributed by atoms with E-state index >= 15 is 0 Å². The number of benzene rings is 2. The summed E-state index contributed by atoms with van der Waals surface area (Å²) in [5.41, 5.74) is 2.43. The van der Waals surface area contributed by atoms with Crippen molar-refractivity contribution in [2.45, 2.75) is 24.9 Å². The first kappa shape index (κ1) is 12.1. The summed E-state index contributed by atoms with van der Waals surface area (Å²) in [6.07, 6.45) is 1.59. The van der Waals surface area contributed by atoms with Gasteiger partial charge in [0.25, 0.3) is 0 Å². The molecule has 1 N–H and O–H groups in total. The van der Waals surface area contributed by atoms with Gasteiger partial charge in [0.05, 0.1) is 12.1 Å². The molecule has 3 rings (SSSR count). The molecule has 0 radical (unpaired) electrons. The first-order valence-corrected chi connectivity index (χ1v) is 6.70. The van der Waals surface area contributed by atoms with Gasteiger partial charge < -0.3 is 0 Å². The summed E-state index contributed by atoms with van der Waals surface area (Å²) in [7, 11) is 0. The Bertz CT molecular complexity index is 500. The van der Waals surface area contributed by atoms with Crippen molar-refractivity contribution in [3.05, 3.63) is 71.8 Å². The second-order valence-electron chi connectivity index (χ2n) is 5.05. The topological polar surface area (TPSA) is 29.1 Å². The van der Waals surface area contributed by atoms with Gasteiger partial charge >= 0.3 is 0 Å². The van der Waals surface area contributed by atoms with Gasteiger partial charge in [0, 0.05) is 0 Å². The van der Waals surface area contributed by atoms with Crippen molar-refractivity contribution in [1.82, 2.24) is 5.32 Å². The van der Waals surface area contributed by atoms with Gasteiger partial charge in [-0.15, -0.1) is 0 Å². The van der Waals surface area contributed by atoms with Crippen molar-refractivity contribution >= 4 is 5.78 Å². The molecule has 0 aliphatic carbocycles. The molecule has 0 saturated carbocycles. The summed E-state index contributed by atoms with van der Waals surface area (Å²) in [4.78, 5) is 12.1. The highest BCUT2D eigenvalue weighted by Gasteiger charge is 2.37. The summed E-state index contributed by atoms with van der Waals surface area (Å²) in [5.74, 6) is 0.340. The standard InChI is InChI=1S/C17H17NO/c19-17-15(11-13-7-3-1-4-8-13)18-16(17)12-14-9-5-2-6-10-14/h1-10,15-16,18H,11-12H2. The van der Waals surface area contributed by atoms with Gasteiger partial charge in [-0.1, -0.05) is 60.7 Å². The lowest BCUT2D eigenvalue weighted by atomic mass is 9.86. The number of carbonyl (C=O) groups is 1. The van der Waals surface area contributed by atoms with Gasteiger partial charge in [-0.05, 0) is 24.0 Å². The van der Waals surface area contributed by atoms with E-state index in [2.05, 4.69) is 29.6 Å². The van der Waals surface area contributed by atoms with E-state index in [1.165, 1.54) is 11.1 Å². The van der Waals surface area contributed by atoms with Crippen molar-refractivity contribution in [2.24, 2.45) is 0 Å². The van der Waals surface area contributed by atoms with E-state index in [0.717, 1.165) is 12.8 Å². The van der Waals surface area contributed by atoms with Crippen LogP contribution in [0.4, 0.5) is 0 Å². The van der Waals surface area contributed by atoms with E-state index in [1.807, 2.05) is 36.4 Å². The first-order valence-electron chi connectivity index (χ1n) is 6.70. The van der Waals surface area contributed by atoms with Crippen LogP contribution in [0.1, 0.15) is 11.1 Å². The molecule has 1 saturated heterocycles. The number of nitrogens with one attached hydrogen (secondary N) is 1. The van der Waals surface area contributed by atoms with Crippen LogP contribution in [0, 0.1) is 0 Å². The highest BCUT2D eigenvalue weighted by Crippen LogP contribution is 2.17. The zero-order chi connectivity index (χ0) is 13.1. The van der Waals surface area contributed by atoms with Gasteiger partial charge in [0.2, 0.25) is 0 Å². The van der Waals surface area contributed by atoms with Crippen molar-refractivity contribution in [3.8, 4) is 0 Å². The van der Waals surface area contributed by atoms with E-state index in [-0.39, 0.29) is 12.1 Å². The molecule has 2 nitrogen and oxygen atoms in total. The van der Waals surface area contributed by atoms with Crippen LogP contribution in [0.15, 0.2) is 60.7 Å². The minimum absolute atomic E-state index is 0.00360. The molecule has 2 atom stereocenters. The van der Waals surface area contributed by atoms with Crippen molar-refractivity contribution in [2.75, 3.05) is 0 Å². The predicted octanol–water partition coefficient (Wildman–Crippen LogP) is 2.38. The largest absolute Gasteiger partial charge is 0.297 e. The highest BCUT2D eigenvalue weighted by molar-refractivity contribution is 5.95. The van der Waals surface area contributed by atoms with Crippen LogP contribution in [0.25, 0.3) is 0 Å². The Morgan fingerprint density at radius 3 is 1.53 bits per heavy atom. The van der Waals surface area contributed by atoms with Crippen LogP contribution in [0.2, 0.25) is 0 Å². The number of hydrogen-bond donors (Lipinski definition) is 1. The minimum atomic E-state index is -0.00360. The van der Waals surface area contributed by atoms with E-state index in [4.69, 9.17) is 0 Å². The van der Waals surface area contributed by atoms with Gasteiger partial charge in [-0.2, -0.15) is 0 Å². The molecular weight excluding hydrogens is 234 g/mol. The Morgan fingerprint density at radius 1 is 0.737 bits per heavy atom. The smallest absolute Gasteiger partial charge is 0.167 e. The molecule has 0 bridgehead atoms. The Labute approximate surface area is 113 Å². The fourth-order valence-electron chi connectivity index (χ4n) is 2.57. The van der Waals surface area contributed by atoms with E-state index in [9.17, 15) is 4.79 Å². The predicted molar refractivity (Wildman–Crippen MR) is 76.0 cm³/mol. The molecule has 19 heavy (non-hydrogen) atoms. The summed E-state index contributed by atoms with van der Waals surface area (Å²) < 4.78 is 0. The van der Waals surface area contributed by atoms with Crippen molar-refractivity contribution in [3.63, 3.8) is 0 Å². The van der Waals surface area contributed by atoms with Gasteiger partial charge in [-0.3, -0.25) is 10.1 Å². The molecule has 2 unspecified atom stereocenters. The molecule has 96 valence electrons. The van der Waals surface area contributed by atoms with Gasteiger partial charge in [0.15, 0.2) is 5.78 Å². The number of Topliss-reactive ketones (excluding diaryl/α,β-unsaturated/α-hetero) is 1. The Morgan fingerprint density at radius 2 is 1.16 bits per heavy atom. The second-order valence-corrected chi connectivity index (χ2v) is 5.05. The lowest BCUT2D eigenvalue weighted by Crippen LogP contribution is -2.64. The number of ketones is 1. The van der Waals surface area contributed by atoms with Crippen LogP contribution < -0.4 is 5.32 Å². The van der Waals surface area contributed by atoms with Gasteiger partial charge in [0.1, 0.15) is 0 Å². The van der Waals surface area contributed by atoms with E-state index in [0.29, 0.717) is 5.78 Å². The maximum atomic E-state index is 12.1.